The number of carbonyl (C=O) groups is 2. The topological polar surface area (TPSA) is 161 Å². The van der Waals surface area contributed by atoms with E-state index in [2.05, 4.69) is 15.6 Å². The lowest BCUT2D eigenvalue weighted by molar-refractivity contribution is -0.138. The van der Waals surface area contributed by atoms with Crippen LogP contribution >= 0.6 is 23.2 Å². The Bertz CT molecular complexity index is 1330. The summed E-state index contributed by atoms with van der Waals surface area (Å²) in [4.78, 5) is 53.0. The van der Waals surface area contributed by atoms with Crippen molar-refractivity contribution in [3.8, 4) is 0 Å². The largest absolute Gasteiger partial charge is 0.480 e. The van der Waals surface area contributed by atoms with Gasteiger partial charge in [-0.1, -0.05) is 42.3 Å². The molecular weight excluding hydrogens is 523 g/mol. The molecule has 3 rings (SSSR count). The molecule has 0 saturated heterocycles. The first kappa shape index (κ1) is 28.3. The van der Waals surface area contributed by atoms with Crippen LogP contribution in [0.3, 0.4) is 0 Å². The predicted octanol–water partition coefficient (Wildman–Crippen LogP) is 3.33. The van der Waals surface area contributed by atoms with E-state index in [4.69, 9.17) is 33.7 Å². The summed E-state index contributed by atoms with van der Waals surface area (Å²) >= 11 is 12.1. The number of halogens is 2. The lowest BCUT2D eigenvalue weighted by Gasteiger charge is -2.27. The van der Waals surface area contributed by atoms with Gasteiger partial charge in [0.15, 0.2) is 0 Å². The second-order valence-electron chi connectivity index (χ2n) is 8.36. The number of carboxylic acid groups (broad SMARTS) is 1. The molecule has 1 amide bonds. The van der Waals surface area contributed by atoms with Crippen LogP contribution in [0.4, 0.5) is 11.4 Å². The molecule has 0 aliphatic rings. The van der Waals surface area contributed by atoms with Crippen LogP contribution < -0.4 is 27.2 Å². The molecule has 0 fully saturated rings. The molecule has 1 aromatic heterocycles. The summed E-state index contributed by atoms with van der Waals surface area (Å²) in [6.45, 7) is 2.08. The van der Waals surface area contributed by atoms with Gasteiger partial charge in [0.05, 0.1) is 21.3 Å². The van der Waals surface area contributed by atoms with Crippen LogP contribution in [-0.4, -0.2) is 41.7 Å². The van der Waals surface area contributed by atoms with Gasteiger partial charge in [-0.2, -0.15) is 0 Å². The van der Waals surface area contributed by atoms with Crippen molar-refractivity contribution < 1.29 is 19.4 Å². The Morgan fingerprint density at radius 1 is 1.11 bits per heavy atom. The smallest absolute Gasteiger partial charge is 0.326 e. The van der Waals surface area contributed by atoms with Crippen LogP contribution in [0.15, 0.2) is 46.2 Å². The van der Waals surface area contributed by atoms with Crippen molar-refractivity contribution in [2.75, 3.05) is 24.4 Å². The third kappa shape index (κ3) is 6.16. The number of benzene rings is 1. The number of rotatable bonds is 12. The number of pyridine rings is 1. The predicted molar refractivity (Wildman–Crippen MR) is 142 cm³/mol. The van der Waals surface area contributed by atoms with E-state index in [0.29, 0.717) is 24.1 Å². The maximum atomic E-state index is 12.6. The molecule has 0 saturated carbocycles. The van der Waals surface area contributed by atoms with E-state index in [9.17, 15) is 24.3 Å². The Kier molecular flexibility index (Phi) is 9.39. The number of methoxy groups -OCH3 is 1. The monoisotopic (exact) mass is 548 g/mol. The maximum Gasteiger partial charge on any atom is 0.326 e. The van der Waals surface area contributed by atoms with Crippen molar-refractivity contribution in [3.63, 3.8) is 0 Å². The molecule has 3 aromatic rings. The summed E-state index contributed by atoms with van der Waals surface area (Å²) in [5.74, 6) is -2.30. The second kappa shape index (κ2) is 12.3. The molecule has 0 aliphatic heterocycles. The SMILES string of the molecule is CCC(c1ccc(NC(=O)c2c(Cl)cncc2Cl)cc1)C(Nc1c(C(N)CCOC)c(=O)c1=O)C(=O)O. The Morgan fingerprint density at radius 3 is 2.27 bits per heavy atom. The van der Waals surface area contributed by atoms with Crippen LogP contribution in [0.5, 0.6) is 0 Å². The van der Waals surface area contributed by atoms with E-state index >= 15 is 0 Å². The van der Waals surface area contributed by atoms with Gasteiger partial charge >= 0.3 is 5.97 Å². The lowest BCUT2D eigenvalue weighted by Crippen LogP contribution is -2.46. The van der Waals surface area contributed by atoms with Crippen molar-refractivity contribution in [2.24, 2.45) is 5.73 Å². The van der Waals surface area contributed by atoms with E-state index in [1.165, 1.54) is 19.5 Å². The molecule has 12 heteroatoms. The number of amides is 1. The summed E-state index contributed by atoms with van der Waals surface area (Å²) in [5.41, 5.74) is 5.68. The first-order valence-corrected chi connectivity index (χ1v) is 12.1. The number of hydrogen-bond donors (Lipinski definition) is 4. The fourth-order valence-electron chi connectivity index (χ4n) is 4.08. The fourth-order valence-corrected chi connectivity index (χ4v) is 4.62. The number of aromatic nitrogens is 1. The van der Waals surface area contributed by atoms with Crippen LogP contribution in [0, 0.1) is 0 Å². The maximum absolute atomic E-state index is 12.6. The molecule has 0 spiro atoms. The minimum Gasteiger partial charge on any atom is -0.480 e. The average Bonchev–Trinajstić information content (AvgIpc) is 2.86. The standard InChI is InChI=1S/C25H26Cl2N4O6/c1-3-14(20(25(35)36)31-21-19(22(32)23(21)33)17(28)8-9-37-2)12-4-6-13(7-5-12)30-24(34)18-15(26)10-29-11-16(18)27/h4-7,10-11,14,17,20,31H,3,8-9,28H2,1-2H3,(H,30,34)(H,35,36). The number of ether oxygens (including phenoxy) is 1. The number of nitrogens with one attached hydrogen (secondary N) is 2. The molecule has 0 radical (unpaired) electrons. The minimum absolute atomic E-state index is 0.0746. The first-order chi connectivity index (χ1) is 17.6. The fraction of sp³-hybridized carbons (Fsp3) is 0.320. The number of carboxylic acids is 1. The molecular formula is C25H26Cl2N4O6. The second-order valence-corrected chi connectivity index (χ2v) is 9.18. The van der Waals surface area contributed by atoms with Gasteiger partial charge in [-0.3, -0.25) is 19.4 Å². The molecule has 0 aliphatic carbocycles. The lowest BCUT2D eigenvalue weighted by atomic mass is 9.87. The molecule has 0 bridgehead atoms. The van der Waals surface area contributed by atoms with Gasteiger partial charge in [-0.15, -0.1) is 0 Å². The third-order valence-corrected chi connectivity index (χ3v) is 6.61. The number of carbonyl (C=O) groups excluding carboxylic acids is 1. The highest BCUT2D eigenvalue weighted by molar-refractivity contribution is 6.40. The number of nitrogens with zero attached hydrogens (tertiary/aromatic N) is 1. The highest BCUT2D eigenvalue weighted by atomic mass is 35.5. The molecule has 196 valence electrons. The van der Waals surface area contributed by atoms with Crippen molar-refractivity contribution in [1.29, 1.82) is 0 Å². The van der Waals surface area contributed by atoms with Gasteiger partial charge in [-0.25, -0.2) is 4.79 Å². The zero-order valence-electron chi connectivity index (χ0n) is 20.1. The molecule has 5 N–H and O–H groups in total. The summed E-state index contributed by atoms with van der Waals surface area (Å²) < 4.78 is 4.98. The first-order valence-electron chi connectivity index (χ1n) is 11.4. The zero-order chi connectivity index (χ0) is 27.3. The summed E-state index contributed by atoms with van der Waals surface area (Å²) in [6, 6.07) is 4.60. The van der Waals surface area contributed by atoms with E-state index in [1.807, 2.05) is 0 Å². The quantitative estimate of drug-likeness (QED) is 0.249. The van der Waals surface area contributed by atoms with Gasteiger partial charge in [-0.05, 0) is 30.5 Å². The Hall–Kier alpha value is -3.31. The van der Waals surface area contributed by atoms with Crippen molar-refractivity contribution in [3.05, 3.63) is 83.8 Å². The van der Waals surface area contributed by atoms with E-state index in [0.717, 1.165) is 0 Å². The van der Waals surface area contributed by atoms with Crippen molar-refractivity contribution in [2.45, 2.75) is 37.8 Å². The molecule has 1 heterocycles. The van der Waals surface area contributed by atoms with E-state index < -0.39 is 40.7 Å². The summed E-state index contributed by atoms with van der Waals surface area (Å²) in [5, 5.41) is 15.6. The van der Waals surface area contributed by atoms with Crippen molar-refractivity contribution in [1.82, 2.24) is 4.98 Å². The normalized spacial score (nSPS) is 13.6. The van der Waals surface area contributed by atoms with Crippen LogP contribution in [-0.2, 0) is 9.53 Å². The molecule has 3 atom stereocenters. The van der Waals surface area contributed by atoms with Gasteiger partial charge < -0.3 is 26.2 Å². The van der Waals surface area contributed by atoms with E-state index in [-0.39, 0.29) is 33.5 Å². The third-order valence-electron chi connectivity index (χ3n) is 6.04. The van der Waals surface area contributed by atoms with Gasteiger partial charge in [0, 0.05) is 49.3 Å². The zero-order valence-corrected chi connectivity index (χ0v) is 21.6. The molecule has 37 heavy (non-hydrogen) atoms. The van der Waals surface area contributed by atoms with Gasteiger partial charge in [0.2, 0.25) is 10.9 Å². The van der Waals surface area contributed by atoms with E-state index in [1.54, 1.807) is 31.2 Å². The summed E-state index contributed by atoms with van der Waals surface area (Å²) in [7, 11) is 1.49. The highest BCUT2D eigenvalue weighted by Crippen LogP contribution is 2.30. The Labute approximate surface area is 222 Å². The summed E-state index contributed by atoms with van der Waals surface area (Å²) in [6.07, 6.45) is 3.32. The number of nitrogens with two attached hydrogens (primary N) is 1. The molecule has 10 nitrogen and oxygen atoms in total. The van der Waals surface area contributed by atoms with Gasteiger partial charge in [0.25, 0.3) is 5.91 Å². The average molecular weight is 549 g/mol. The number of aliphatic carboxylic acids is 1. The highest BCUT2D eigenvalue weighted by Gasteiger charge is 2.33. The van der Waals surface area contributed by atoms with Crippen LogP contribution in [0.1, 0.15) is 53.2 Å². The Morgan fingerprint density at radius 2 is 1.73 bits per heavy atom. The minimum atomic E-state index is -1.21. The molecule has 2 aromatic carbocycles. The van der Waals surface area contributed by atoms with Crippen molar-refractivity contribution >= 4 is 46.5 Å². The Balaban J connectivity index is 1.81. The molecule has 3 unspecified atom stereocenters. The number of hydrogen-bond acceptors (Lipinski definition) is 8. The van der Waals surface area contributed by atoms with Crippen LogP contribution in [0.25, 0.3) is 0 Å². The van der Waals surface area contributed by atoms with Crippen LogP contribution in [0.2, 0.25) is 10.0 Å². The number of anilines is 2. The van der Waals surface area contributed by atoms with Gasteiger partial charge in [0.1, 0.15) is 6.04 Å².